The lowest BCUT2D eigenvalue weighted by atomic mass is 9.81. The highest BCUT2D eigenvalue weighted by Gasteiger charge is 2.38. The predicted molar refractivity (Wildman–Crippen MR) is 87.6 cm³/mol. The Bertz CT molecular complexity index is 441. The second-order valence-corrected chi connectivity index (χ2v) is 5.80. The lowest BCUT2D eigenvalue weighted by Crippen LogP contribution is -2.45. The van der Waals surface area contributed by atoms with Crippen LogP contribution in [0.4, 0.5) is 5.69 Å². The predicted octanol–water partition coefficient (Wildman–Crippen LogP) is 3.32. The van der Waals surface area contributed by atoms with Gasteiger partial charge >= 0.3 is 0 Å². The van der Waals surface area contributed by atoms with Gasteiger partial charge in [-0.2, -0.15) is 0 Å². The van der Waals surface area contributed by atoms with Gasteiger partial charge in [-0.25, -0.2) is 0 Å². The number of nitrogens with one attached hydrogen (secondary N) is 1. The van der Waals surface area contributed by atoms with Crippen molar-refractivity contribution in [2.24, 2.45) is 11.1 Å². The molecule has 0 aliphatic heterocycles. The van der Waals surface area contributed by atoms with Gasteiger partial charge in [0.15, 0.2) is 0 Å². The van der Waals surface area contributed by atoms with Gasteiger partial charge in [0.05, 0.1) is 10.4 Å². The molecule has 1 aromatic rings. The molecule has 0 saturated heterocycles. The van der Waals surface area contributed by atoms with Gasteiger partial charge in [-0.3, -0.25) is 4.79 Å². The molecule has 98 valence electrons. The average Bonchev–Trinajstić information content (AvgIpc) is 2.34. The fraction of sp³-hybridized carbons (Fsp3) is 0.385. The molecule has 3 N–H and O–H groups in total. The molecule has 1 rings (SSSR count). The van der Waals surface area contributed by atoms with E-state index in [1.54, 1.807) is 0 Å². The zero-order valence-electron chi connectivity index (χ0n) is 10.5. The van der Waals surface area contributed by atoms with Crippen molar-refractivity contribution in [1.29, 1.82) is 0 Å². The monoisotopic (exact) mass is 376 g/mol. The molecule has 0 radical (unpaired) electrons. The van der Waals surface area contributed by atoms with Crippen LogP contribution in [0.2, 0.25) is 0 Å². The van der Waals surface area contributed by atoms with E-state index in [0.717, 1.165) is 9.26 Å². The summed E-state index contributed by atoms with van der Waals surface area (Å²) in [7, 11) is 0. The number of carbonyl (C=O) groups excluding carboxylic acids is 1. The van der Waals surface area contributed by atoms with Crippen molar-refractivity contribution >= 4 is 51.4 Å². The van der Waals surface area contributed by atoms with Crippen molar-refractivity contribution in [1.82, 2.24) is 0 Å². The van der Waals surface area contributed by atoms with Crippen LogP contribution in [0.1, 0.15) is 26.7 Å². The molecule has 0 atom stereocenters. The smallest absolute Gasteiger partial charge is 0.237 e. The second-order valence-electron chi connectivity index (χ2n) is 4.11. The van der Waals surface area contributed by atoms with E-state index in [1.165, 1.54) is 0 Å². The molecular formula is C13H17IN2OS. The standard InChI is InChI=1S/C13H17IN2OS/c1-3-13(4-2,11(15)18)12(17)16-10-7-5-9(14)6-8-10/h5-8H,3-4H2,1-2H3,(H2,15,18)(H,16,17). The number of carbonyl (C=O) groups is 1. The van der Waals surface area contributed by atoms with E-state index < -0.39 is 5.41 Å². The first kappa shape index (κ1) is 15.4. The number of thiocarbonyl (C=S) groups is 1. The highest BCUT2D eigenvalue weighted by molar-refractivity contribution is 14.1. The summed E-state index contributed by atoms with van der Waals surface area (Å²) < 4.78 is 1.12. The number of halogens is 1. The van der Waals surface area contributed by atoms with E-state index in [-0.39, 0.29) is 10.9 Å². The van der Waals surface area contributed by atoms with Crippen LogP contribution >= 0.6 is 34.8 Å². The first-order chi connectivity index (χ1) is 8.46. The fourth-order valence-electron chi connectivity index (χ4n) is 1.82. The number of rotatable bonds is 5. The molecule has 0 aliphatic carbocycles. The average molecular weight is 376 g/mol. The van der Waals surface area contributed by atoms with Crippen molar-refractivity contribution in [2.45, 2.75) is 26.7 Å². The minimum Gasteiger partial charge on any atom is -0.392 e. The van der Waals surface area contributed by atoms with Crippen LogP contribution in [0, 0.1) is 8.99 Å². The third-order valence-corrected chi connectivity index (χ3v) is 4.33. The molecule has 0 saturated carbocycles. The van der Waals surface area contributed by atoms with E-state index in [0.29, 0.717) is 12.8 Å². The summed E-state index contributed by atoms with van der Waals surface area (Å²) in [4.78, 5) is 12.6. The molecule has 1 aromatic carbocycles. The van der Waals surface area contributed by atoms with Crippen molar-refractivity contribution < 1.29 is 4.79 Å². The number of nitrogens with two attached hydrogens (primary N) is 1. The first-order valence-corrected chi connectivity index (χ1v) is 7.32. The molecule has 0 unspecified atom stereocenters. The molecule has 0 spiro atoms. The van der Waals surface area contributed by atoms with Gasteiger partial charge in [0.25, 0.3) is 0 Å². The van der Waals surface area contributed by atoms with Crippen molar-refractivity contribution in [3.8, 4) is 0 Å². The fourth-order valence-corrected chi connectivity index (χ4v) is 2.56. The van der Waals surface area contributed by atoms with E-state index in [2.05, 4.69) is 27.9 Å². The number of benzene rings is 1. The van der Waals surface area contributed by atoms with Crippen molar-refractivity contribution in [2.75, 3.05) is 5.32 Å². The van der Waals surface area contributed by atoms with Gasteiger partial charge < -0.3 is 11.1 Å². The Morgan fingerprint density at radius 1 is 1.33 bits per heavy atom. The van der Waals surface area contributed by atoms with E-state index in [9.17, 15) is 4.79 Å². The summed E-state index contributed by atoms with van der Waals surface area (Å²) in [6, 6.07) is 7.62. The molecule has 0 heterocycles. The highest BCUT2D eigenvalue weighted by atomic mass is 127. The van der Waals surface area contributed by atoms with Crippen LogP contribution in [0.15, 0.2) is 24.3 Å². The number of anilines is 1. The molecule has 0 aliphatic rings. The Labute approximate surface area is 127 Å². The molecular weight excluding hydrogens is 359 g/mol. The molecule has 0 fully saturated rings. The molecule has 1 amide bonds. The molecule has 18 heavy (non-hydrogen) atoms. The van der Waals surface area contributed by atoms with Gasteiger partial charge in [0.1, 0.15) is 0 Å². The first-order valence-electron chi connectivity index (χ1n) is 5.83. The maximum atomic E-state index is 12.3. The zero-order valence-corrected chi connectivity index (χ0v) is 13.5. The molecule has 3 nitrogen and oxygen atoms in total. The van der Waals surface area contributed by atoms with Gasteiger partial charge in [-0.1, -0.05) is 26.1 Å². The van der Waals surface area contributed by atoms with Crippen molar-refractivity contribution in [3.63, 3.8) is 0 Å². The lowest BCUT2D eigenvalue weighted by molar-refractivity contribution is -0.122. The lowest BCUT2D eigenvalue weighted by Gasteiger charge is -2.28. The van der Waals surface area contributed by atoms with Crippen molar-refractivity contribution in [3.05, 3.63) is 27.8 Å². The molecule has 0 aromatic heterocycles. The van der Waals surface area contributed by atoms with Crippen LogP contribution in [0.3, 0.4) is 0 Å². The van der Waals surface area contributed by atoms with Crippen LogP contribution < -0.4 is 11.1 Å². The Hall–Kier alpha value is -0.690. The van der Waals surface area contributed by atoms with Crippen LogP contribution in [-0.2, 0) is 4.79 Å². The van der Waals surface area contributed by atoms with Gasteiger partial charge in [-0.05, 0) is 59.7 Å². The summed E-state index contributed by atoms with van der Waals surface area (Å²) in [5.74, 6) is -0.124. The maximum absolute atomic E-state index is 12.3. The minimum atomic E-state index is -0.752. The Kier molecular flexibility index (Phi) is 5.52. The summed E-state index contributed by atoms with van der Waals surface area (Å²) >= 11 is 7.27. The van der Waals surface area contributed by atoms with E-state index in [1.807, 2.05) is 38.1 Å². The molecule has 5 heteroatoms. The van der Waals surface area contributed by atoms with Crippen LogP contribution in [0.25, 0.3) is 0 Å². The quantitative estimate of drug-likeness (QED) is 0.612. The highest BCUT2D eigenvalue weighted by Crippen LogP contribution is 2.29. The summed E-state index contributed by atoms with van der Waals surface area (Å²) in [6.45, 7) is 3.85. The largest absolute Gasteiger partial charge is 0.392 e. The topological polar surface area (TPSA) is 55.1 Å². The summed E-state index contributed by atoms with van der Waals surface area (Å²) in [5, 5.41) is 2.88. The van der Waals surface area contributed by atoms with Gasteiger partial charge in [0, 0.05) is 9.26 Å². The molecule has 0 bridgehead atoms. The second kappa shape index (κ2) is 6.47. The number of amides is 1. The third kappa shape index (κ3) is 3.20. The number of hydrogen-bond acceptors (Lipinski definition) is 2. The zero-order chi connectivity index (χ0) is 13.8. The van der Waals surface area contributed by atoms with Gasteiger partial charge in [0.2, 0.25) is 5.91 Å². The van der Waals surface area contributed by atoms with Crippen LogP contribution in [-0.4, -0.2) is 10.9 Å². The van der Waals surface area contributed by atoms with E-state index in [4.69, 9.17) is 18.0 Å². The summed E-state index contributed by atoms with van der Waals surface area (Å²) in [5.41, 5.74) is 5.76. The SMILES string of the molecule is CCC(CC)(C(=O)Nc1ccc(I)cc1)C(N)=S. The Morgan fingerprint density at radius 3 is 2.22 bits per heavy atom. The van der Waals surface area contributed by atoms with Gasteiger partial charge in [-0.15, -0.1) is 0 Å². The Morgan fingerprint density at radius 2 is 1.83 bits per heavy atom. The maximum Gasteiger partial charge on any atom is 0.237 e. The Balaban J connectivity index is 2.92. The third-order valence-electron chi connectivity index (χ3n) is 3.22. The van der Waals surface area contributed by atoms with Crippen LogP contribution in [0.5, 0.6) is 0 Å². The minimum absolute atomic E-state index is 0.124. The number of hydrogen-bond donors (Lipinski definition) is 2. The van der Waals surface area contributed by atoms with E-state index >= 15 is 0 Å². The summed E-state index contributed by atoms with van der Waals surface area (Å²) in [6.07, 6.45) is 1.21. The normalized spacial score (nSPS) is 11.1.